The molecule has 1 N–H and O–H groups in total. The predicted octanol–water partition coefficient (Wildman–Crippen LogP) is 5.61. The summed E-state index contributed by atoms with van der Waals surface area (Å²) in [5.41, 5.74) is 5.39. The lowest BCUT2D eigenvalue weighted by molar-refractivity contribution is 0.237. The molecule has 0 bridgehead atoms. The minimum Gasteiger partial charge on any atom is -0.508 e. The van der Waals surface area contributed by atoms with E-state index in [1.807, 2.05) is 19.2 Å². The Morgan fingerprint density at radius 3 is 2.77 bits per heavy atom. The van der Waals surface area contributed by atoms with Crippen LogP contribution in [0.1, 0.15) is 42.4 Å². The largest absolute Gasteiger partial charge is 0.508 e. The molecule has 3 atom stereocenters. The Balaban J connectivity index is 1.83. The molecule has 2 heteroatoms. The van der Waals surface area contributed by atoms with Crippen LogP contribution in [0.3, 0.4) is 0 Å². The van der Waals surface area contributed by atoms with Crippen LogP contribution in [0.2, 0.25) is 0 Å². The van der Waals surface area contributed by atoms with Crippen LogP contribution in [0.15, 0.2) is 53.5 Å². The van der Waals surface area contributed by atoms with Crippen molar-refractivity contribution >= 4 is 17.9 Å². The van der Waals surface area contributed by atoms with Gasteiger partial charge in [-0.05, 0) is 77.8 Å². The molecule has 2 nitrogen and oxygen atoms in total. The first-order chi connectivity index (χ1) is 12.8. The van der Waals surface area contributed by atoms with Crippen molar-refractivity contribution in [2.45, 2.75) is 32.1 Å². The van der Waals surface area contributed by atoms with E-state index in [1.54, 1.807) is 6.07 Å². The third-order valence-electron chi connectivity index (χ3n) is 6.13. The van der Waals surface area contributed by atoms with Gasteiger partial charge in [0, 0.05) is 13.3 Å². The molecule has 2 aliphatic carbocycles. The Hall–Kier alpha value is -2.35. The molecule has 1 fully saturated rings. The number of fused-ring (bicyclic) bond motifs is 2. The molecule has 0 aromatic heterocycles. The van der Waals surface area contributed by atoms with Crippen molar-refractivity contribution in [3.05, 3.63) is 65.2 Å². The number of nitrogens with zero attached hydrogens (tertiary/aromatic N) is 1. The second-order valence-electron chi connectivity index (χ2n) is 7.66. The fourth-order valence-electron chi connectivity index (χ4n) is 5.00. The molecule has 0 aliphatic heterocycles. The summed E-state index contributed by atoms with van der Waals surface area (Å²) in [6, 6.07) is 16.5. The normalized spacial score (nSPS) is 27.1. The summed E-state index contributed by atoms with van der Waals surface area (Å²) in [6.45, 7) is 0. The second kappa shape index (κ2) is 7.49. The number of benzene rings is 2. The lowest BCUT2D eigenvalue weighted by Gasteiger charge is -2.37. The van der Waals surface area contributed by atoms with E-state index in [-0.39, 0.29) is 0 Å². The van der Waals surface area contributed by atoms with E-state index in [4.69, 9.17) is 0 Å². The standard InChI is InChI=1S/C24H27NO/c1-25-16-19-8-5-11-23-22(19)13-12-18-7-2-3-10-21(18)24(23)15-17-6-4-9-20(26)14-17/h2-4,6-7,9-10,14-16,19,22-23,26H,5,8,11-13H2,1H3/b24-15-,25-16?. The van der Waals surface area contributed by atoms with Crippen LogP contribution in [0, 0.1) is 17.8 Å². The van der Waals surface area contributed by atoms with E-state index in [9.17, 15) is 5.11 Å². The average molecular weight is 345 g/mol. The number of rotatable bonds is 2. The lowest BCUT2D eigenvalue weighted by atomic mass is 9.68. The zero-order chi connectivity index (χ0) is 17.9. The molecule has 1 saturated carbocycles. The molecule has 0 radical (unpaired) electrons. The van der Waals surface area contributed by atoms with Gasteiger partial charge in [0.1, 0.15) is 5.75 Å². The Morgan fingerprint density at radius 1 is 1.04 bits per heavy atom. The molecule has 2 aromatic carbocycles. The van der Waals surface area contributed by atoms with Gasteiger partial charge in [0.15, 0.2) is 0 Å². The van der Waals surface area contributed by atoms with Crippen molar-refractivity contribution in [2.24, 2.45) is 22.7 Å². The van der Waals surface area contributed by atoms with Crippen molar-refractivity contribution < 1.29 is 5.11 Å². The molecule has 0 amide bonds. The first-order valence-corrected chi connectivity index (χ1v) is 9.77. The Bertz CT molecular complexity index is 836. The predicted molar refractivity (Wildman–Crippen MR) is 109 cm³/mol. The Labute approximate surface area is 156 Å². The van der Waals surface area contributed by atoms with E-state index >= 15 is 0 Å². The summed E-state index contributed by atoms with van der Waals surface area (Å²) in [4.78, 5) is 4.37. The van der Waals surface area contributed by atoms with Crippen molar-refractivity contribution in [1.82, 2.24) is 0 Å². The van der Waals surface area contributed by atoms with Gasteiger partial charge in [0.2, 0.25) is 0 Å². The first-order valence-electron chi connectivity index (χ1n) is 9.77. The van der Waals surface area contributed by atoms with E-state index in [0.29, 0.717) is 23.5 Å². The van der Waals surface area contributed by atoms with Crippen molar-refractivity contribution in [1.29, 1.82) is 0 Å². The SMILES string of the molecule is CN=CC1CCCC2/C(=C\c3cccc(O)c3)c3ccccc3CCC12. The highest BCUT2D eigenvalue weighted by atomic mass is 16.3. The second-order valence-corrected chi connectivity index (χ2v) is 7.66. The number of hydrogen-bond acceptors (Lipinski definition) is 2. The maximum atomic E-state index is 9.89. The fourth-order valence-corrected chi connectivity index (χ4v) is 5.00. The number of phenolic OH excluding ortho intramolecular Hbond substituents is 1. The maximum absolute atomic E-state index is 9.89. The maximum Gasteiger partial charge on any atom is 0.116 e. The topological polar surface area (TPSA) is 32.6 Å². The van der Waals surface area contributed by atoms with Gasteiger partial charge >= 0.3 is 0 Å². The van der Waals surface area contributed by atoms with Crippen molar-refractivity contribution in [2.75, 3.05) is 7.05 Å². The zero-order valence-electron chi connectivity index (χ0n) is 15.4. The highest BCUT2D eigenvalue weighted by Crippen LogP contribution is 2.47. The molecule has 134 valence electrons. The third-order valence-corrected chi connectivity index (χ3v) is 6.13. The van der Waals surface area contributed by atoms with E-state index in [0.717, 1.165) is 12.0 Å². The van der Waals surface area contributed by atoms with Crippen LogP contribution in [-0.4, -0.2) is 18.4 Å². The number of aryl methyl sites for hydroxylation is 1. The van der Waals surface area contributed by atoms with Gasteiger partial charge in [0.05, 0.1) is 0 Å². The van der Waals surface area contributed by atoms with E-state index in [1.165, 1.54) is 42.4 Å². The zero-order valence-corrected chi connectivity index (χ0v) is 15.4. The summed E-state index contributed by atoms with van der Waals surface area (Å²) in [6.07, 6.45) is 10.6. The summed E-state index contributed by atoms with van der Waals surface area (Å²) in [7, 11) is 1.90. The number of allylic oxidation sites excluding steroid dienone is 1. The molecule has 4 rings (SSSR count). The summed E-state index contributed by atoms with van der Waals surface area (Å²) < 4.78 is 0. The van der Waals surface area contributed by atoms with Gasteiger partial charge in [-0.25, -0.2) is 0 Å². The molecule has 26 heavy (non-hydrogen) atoms. The molecule has 0 saturated heterocycles. The molecular weight excluding hydrogens is 318 g/mol. The molecule has 0 spiro atoms. The summed E-state index contributed by atoms with van der Waals surface area (Å²) >= 11 is 0. The highest BCUT2D eigenvalue weighted by Gasteiger charge is 2.36. The van der Waals surface area contributed by atoms with Crippen LogP contribution in [0.4, 0.5) is 0 Å². The van der Waals surface area contributed by atoms with Crippen LogP contribution in [-0.2, 0) is 6.42 Å². The molecule has 3 unspecified atom stereocenters. The molecule has 2 aromatic rings. The third kappa shape index (κ3) is 3.33. The van der Waals surface area contributed by atoms with Crippen LogP contribution < -0.4 is 0 Å². The summed E-state index contributed by atoms with van der Waals surface area (Å²) in [5, 5.41) is 9.89. The fraction of sp³-hybridized carbons (Fsp3) is 0.375. The van der Waals surface area contributed by atoms with Gasteiger partial charge in [-0.2, -0.15) is 0 Å². The Kier molecular flexibility index (Phi) is 4.92. The molecule has 0 heterocycles. The van der Waals surface area contributed by atoms with Crippen molar-refractivity contribution in [3.8, 4) is 5.75 Å². The van der Waals surface area contributed by atoms with E-state index < -0.39 is 0 Å². The van der Waals surface area contributed by atoms with Gasteiger partial charge in [-0.15, -0.1) is 0 Å². The van der Waals surface area contributed by atoms with Gasteiger partial charge in [0.25, 0.3) is 0 Å². The molecular formula is C24H27NO. The Morgan fingerprint density at radius 2 is 1.92 bits per heavy atom. The van der Waals surface area contributed by atoms with Crippen LogP contribution in [0.25, 0.3) is 11.6 Å². The van der Waals surface area contributed by atoms with E-state index in [2.05, 4.69) is 47.6 Å². The van der Waals surface area contributed by atoms with Crippen LogP contribution in [0.5, 0.6) is 5.75 Å². The highest BCUT2D eigenvalue weighted by molar-refractivity contribution is 5.85. The smallest absolute Gasteiger partial charge is 0.116 e. The number of hydrogen-bond donors (Lipinski definition) is 1. The minimum atomic E-state index is 0.331. The lowest BCUT2D eigenvalue weighted by Crippen LogP contribution is -2.29. The first kappa shape index (κ1) is 17.1. The number of aliphatic imine (C=N–C) groups is 1. The minimum absolute atomic E-state index is 0.331. The van der Waals surface area contributed by atoms with Crippen molar-refractivity contribution in [3.63, 3.8) is 0 Å². The monoisotopic (exact) mass is 345 g/mol. The van der Waals surface area contributed by atoms with Gasteiger partial charge < -0.3 is 10.1 Å². The number of aromatic hydroxyl groups is 1. The summed E-state index contributed by atoms with van der Waals surface area (Å²) in [5.74, 6) is 2.14. The quantitative estimate of drug-likeness (QED) is 0.705. The average Bonchev–Trinajstić information content (AvgIpc) is 2.81. The van der Waals surface area contributed by atoms with Gasteiger partial charge in [-0.3, -0.25) is 0 Å². The van der Waals surface area contributed by atoms with Gasteiger partial charge in [-0.1, -0.05) is 48.9 Å². The van der Waals surface area contributed by atoms with Crippen LogP contribution >= 0.6 is 0 Å². The number of phenols is 1. The molecule has 2 aliphatic rings.